The van der Waals surface area contributed by atoms with Crippen LogP contribution in [0.2, 0.25) is 0 Å². The molecular weight excluding hydrogens is 303 g/mol. The second-order valence-electron chi connectivity index (χ2n) is 4.64. The van der Waals surface area contributed by atoms with Crippen molar-refractivity contribution < 1.29 is 22.9 Å². The zero-order valence-corrected chi connectivity index (χ0v) is 11.3. The van der Waals surface area contributed by atoms with E-state index in [4.69, 9.17) is 0 Å². The molecule has 0 saturated carbocycles. The van der Waals surface area contributed by atoms with Gasteiger partial charge < -0.3 is 0 Å². The summed E-state index contributed by atoms with van der Waals surface area (Å²) in [5.41, 5.74) is 2.56. The summed E-state index contributed by atoms with van der Waals surface area (Å²) in [4.78, 5) is 21.4. The molecule has 1 aliphatic carbocycles. The van der Waals surface area contributed by atoms with Gasteiger partial charge in [-0.05, 0) is 31.4 Å². The van der Waals surface area contributed by atoms with Crippen molar-refractivity contribution in [1.29, 1.82) is 0 Å². The predicted octanol–water partition coefficient (Wildman–Crippen LogP) is 3.38. The highest BCUT2D eigenvalue weighted by Gasteiger charge is 2.44. The van der Waals surface area contributed by atoms with E-state index in [1.54, 1.807) is 6.08 Å². The molecule has 0 bridgehead atoms. The van der Waals surface area contributed by atoms with Crippen molar-refractivity contribution in [2.45, 2.75) is 25.4 Å². The van der Waals surface area contributed by atoms with E-state index < -0.39 is 17.0 Å². The van der Waals surface area contributed by atoms with E-state index in [1.807, 2.05) is 0 Å². The largest absolute Gasteiger partial charge is 0.473 e. The van der Waals surface area contributed by atoms with Crippen LogP contribution in [0.1, 0.15) is 19.3 Å². The number of rotatable bonds is 4. The molecule has 6 nitrogen and oxygen atoms in total. The third-order valence-corrected chi connectivity index (χ3v) is 3.07. The Hall–Kier alpha value is -2.58. The zero-order chi connectivity index (χ0) is 16.3. The summed E-state index contributed by atoms with van der Waals surface area (Å²) in [5.74, 6) is -2.03. The lowest BCUT2D eigenvalue weighted by Crippen LogP contribution is -2.43. The molecule has 0 fully saturated rings. The lowest BCUT2D eigenvalue weighted by atomic mass is 10.3. The van der Waals surface area contributed by atoms with Gasteiger partial charge in [0.2, 0.25) is 0 Å². The highest BCUT2D eigenvalue weighted by atomic mass is 19.4. The van der Waals surface area contributed by atoms with Gasteiger partial charge in [0.15, 0.2) is 0 Å². The van der Waals surface area contributed by atoms with Gasteiger partial charge in [-0.25, -0.2) is 5.01 Å². The van der Waals surface area contributed by atoms with E-state index in [1.165, 1.54) is 12.1 Å². The number of amides is 1. The van der Waals surface area contributed by atoms with Crippen LogP contribution in [0.15, 0.2) is 36.0 Å². The minimum Gasteiger partial charge on any atom is -0.291 e. The first-order valence-corrected chi connectivity index (χ1v) is 6.40. The van der Waals surface area contributed by atoms with Crippen molar-refractivity contribution in [3.63, 3.8) is 0 Å². The van der Waals surface area contributed by atoms with Gasteiger partial charge in [-0.3, -0.25) is 20.3 Å². The van der Waals surface area contributed by atoms with Gasteiger partial charge in [-0.2, -0.15) is 13.2 Å². The SMILES string of the molecule is O=C(N(Nc1ccc([N+](=O)[O-])cc1)C1=CCCC1)C(F)(F)F. The number of nitro benzene ring substituents is 1. The second kappa shape index (κ2) is 6.04. The number of hydrogen-bond donors (Lipinski definition) is 1. The summed E-state index contributed by atoms with van der Waals surface area (Å²) in [6, 6.07) is 4.76. The summed E-state index contributed by atoms with van der Waals surface area (Å²) >= 11 is 0. The second-order valence-corrected chi connectivity index (χ2v) is 4.64. The fourth-order valence-electron chi connectivity index (χ4n) is 2.02. The molecule has 0 atom stereocenters. The third kappa shape index (κ3) is 3.54. The Bertz CT molecular complexity index is 611. The number of allylic oxidation sites excluding steroid dienone is 2. The maximum absolute atomic E-state index is 12.7. The topological polar surface area (TPSA) is 75.5 Å². The van der Waals surface area contributed by atoms with Crippen LogP contribution >= 0.6 is 0 Å². The van der Waals surface area contributed by atoms with Crippen LogP contribution in [-0.4, -0.2) is 22.0 Å². The first-order chi connectivity index (χ1) is 10.3. The molecule has 118 valence electrons. The molecule has 2 rings (SSSR count). The Morgan fingerprint density at radius 2 is 1.91 bits per heavy atom. The molecule has 1 aromatic rings. The van der Waals surface area contributed by atoms with E-state index >= 15 is 0 Å². The van der Waals surface area contributed by atoms with Crippen LogP contribution in [0.4, 0.5) is 24.5 Å². The molecule has 0 unspecified atom stereocenters. The summed E-state index contributed by atoms with van der Waals surface area (Å²) in [6.45, 7) is 0. The highest BCUT2D eigenvalue weighted by molar-refractivity contribution is 5.84. The van der Waals surface area contributed by atoms with Crippen molar-refractivity contribution in [1.82, 2.24) is 5.01 Å². The molecule has 0 spiro atoms. The van der Waals surface area contributed by atoms with Gasteiger partial charge in [0.05, 0.1) is 10.6 Å². The number of carbonyl (C=O) groups excluding carboxylic acids is 1. The maximum Gasteiger partial charge on any atom is 0.473 e. The van der Waals surface area contributed by atoms with Crippen LogP contribution in [0.5, 0.6) is 0 Å². The number of anilines is 1. The molecular formula is C13H12F3N3O3. The van der Waals surface area contributed by atoms with Gasteiger partial charge in [-0.1, -0.05) is 6.08 Å². The summed E-state index contributed by atoms with van der Waals surface area (Å²) in [5, 5.41) is 11.0. The quantitative estimate of drug-likeness (QED) is 0.682. The standard InChI is InChI=1S/C13H12F3N3O3/c14-13(15,16)12(20)18(10-3-1-2-4-10)17-9-5-7-11(8-6-9)19(21)22/h3,5-8,17H,1-2,4H2. The van der Waals surface area contributed by atoms with Crippen molar-refractivity contribution in [3.05, 3.63) is 46.2 Å². The average molecular weight is 315 g/mol. The lowest BCUT2D eigenvalue weighted by molar-refractivity contribution is -0.384. The number of alkyl halides is 3. The van der Waals surface area contributed by atoms with Crippen LogP contribution in [-0.2, 0) is 4.79 Å². The Morgan fingerprint density at radius 3 is 2.36 bits per heavy atom. The van der Waals surface area contributed by atoms with Crippen LogP contribution in [0, 0.1) is 10.1 Å². The van der Waals surface area contributed by atoms with E-state index in [0.29, 0.717) is 24.3 Å². The molecule has 9 heteroatoms. The van der Waals surface area contributed by atoms with Gasteiger partial charge in [-0.15, -0.1) is 0 Å². The Balaban J connectivity index is 2.22. The highest BCUT2D eigenvalue weighted by Crippen LogP contribution is 2.28. The third-order valence-electron chi connectivity index (χ3n) is 3.07. The number of carbonyl (C=O) groups is 1. The number of nitrogens with one attached hydrogen (secondary N) is 1. The molecule has 1 aliphatic rings. The van der Waals surface area contributed by atoms with E-state index in [2.05, 4.69) is 5.43 Å². The van der Waals surface area contributed by atoms with Crippen molar-refractivity contribution in [2.24, 2.45) is 0 Å². The molecule has 1 amide bonds. The lowest BCUT2D eigenvalue weighted by Gasteiger charge is -2.26. The molecule has 1 aromatic carbocycles. The number of benzene rings is 1. The number of hydrogen-bond acceptors (Lipinski definition) is 4. The molecule has 0 heterocycles. The zero-order valence-electron chi connectivity index (χ0n) is 11.3. The summed E-state index contributed by atoms with van der Waals surface area (Å²) in [7, 11) is 0. The van der Waals surface area contributed by atoms with Gasteiger partial charge in [0, 0.05) is 17.8 Å². The Labute approximate surface area is 123 Å². The van der Waals surface area contributed by atoms with Gasteiger partial charge in [0.25, 0.3) is 5.69 Å². The minimum atomic E-state index is -5.02. The monoisotopic (exact) mass is 315 g/mol. The average Bonchev–Trinajstić information content (AvgIpc) is 2.97. The Kier molecular flexibility index (Phi) is 4.34. The van der Waals surface area contributed by atoms with Crippen LogP contribution < -0.4 is 5.43 Å². The Morgan fingerprint density at radius 1 is 1.27 bits per heavy atom. The number of hydrazine groups is 1. The van der Waals surface area contributed by atoms with Crippen LogP contribution in [0.25, 0.3) is 0 Å². The van der Waals surface area contributed by atoms with E-state index in [9.17, 15) is 28.1 Å². The predicted molar refractivity (Wildman–Crippen MR) is 71.6 cm³/mol. The van der Waals surface area contributed by atoms with Gasteiger partial charge in [0.1, 0.15) is 0 Å². The maximum atomic E-state index is 12.7. The molecule has 0 aromatic heterocycles. The van der Waals surface area contributed by atoms with Crippen molar-refractivity contribution in [2.75, 3.05) is 5.43 Å². The number of non-ortho nitro benzene ring substituents is 1. The van der Waals surface area contributed by atoms with E-state index in [0.717, 1.165) is 12.1 Å². The van der Waals surface area contributed by atoms with Crippen molar-refractivity contribution >= 4 is 17.3 Å². The molecule has 1 N–H and O–H groups in total. The van der Waals surface area contributed by atoms with Gasteiger partial charge >= 0.3 is 12.1 Å². The summed E-state index contributed by atoms with van der Waals surface area (Å²) in [6.07, 6.45) is -1.85. The van der Waals surface area contributed by atoms with Crippen molar-refractivity contribution in [3.8, 4) is 0 Å². The van der Waals surface area contributed by atoms with E-state index in [-0.39, 0.29) is 17.1 Å². The smallest absolute Gasteiger partial charge is 0.291 e. The first kappa shape index (κ1) is 15.8. The molecule has 0 aliphatic heterocycles. The number of nitrogens with zero attached hydrogens (tertiary/aromatic N) is 2. The van der Waals surface area contributed by atoms with Crippen LogP contribution in [0.3, 0.4) is 0 Å². The first-order valence-electron chi connectivity index (χ1n) is 6.40. The summed E-state index contributed by atoms with van der Waals surface area (Å²) < 4.78 is 38.0. The molecule has 0 saturated heterocycles. The normalized spacial score (nSPS) is 14.4. The fourth-order valence-corrected chi connectivity index (χ4v) is 2.02. The fraction of sp³-hybridized carbons (Fsp3) is 0.308. The molecule has 0 radical (unpaired) electrons. The molecule has 22 heavy (non-hydrogen) atoms. The minimum absolute atomic E-state index is 0.149. The number of halogens is 3. The number of nitro groups is 1.